The molecule has 0 aliphatic carbocycles. The normalized spacial score (nSPS) is 8.17. The molecule has 0 saturated carbocycles. The molecule has 0 atom stereocenters. The summed E-state index contributed by atoms with van der Waals surface area (Å²) in [6.07, 6.45) is 1.24. The number of esters is 1. The molecule has 5 heteroatoms. The van der Waals surface area contributed by atoms with Gasteiger partial charge in [-0.3, -0.25) is 9.59 Å². The van der Waals surface area contributed by atoms with E-state index < -0.39 is 0 Å². The molecule has 0 aromatic heterocycles. The van der Waals surface area contributed by atoms with Crippen molar-refractivity contribution in [1.82, 2.24) is 5.32 Å². The van der Waals surface area contributed by atoms with Crippen LogP contribution in [0.4, 0.5) is 0 Å². The van der Waals surface area contributed by atoms with E-state index in [2.05, 4.69) is 10.1 Å². The number of carbonyl (C=O) groups excluding carboxylic acids is 2. The van der Waals surface area contributed by atoms with Gasteiger partial charge >= 0.3 is 5.97 Å². The number of ether oxygens (including phenoxy) is 1. The van der Waals surface area contributed by atoms with Crippen molar-refractivity contribution in [3.05, 3.63) is 0 Å². The van der Waals surface area contributed by atoms with Crippen LogP contribution in [0.1, 0.15) is 19.3 Å². The minimum atomic E-state index is -0.270. The van der Waals surface area contributed by atoms with E-state index >= 15 is 0 Å². The van der Waals surface area contributed by atoms with Crippen molar-refractivity contribution in [1.29, 1.82) is 0 Å². The molecule has 0 fully saturated rings. The van der Waals surface area contributed by atoms with Crippen LogP contribution in [0.2, 0.25) is 0 Å². The molecule has 70 valence electrons. The Hall–Kier alpha value is -0.372. The topological polar surface area (TPSA) is 55.4 Å². The van der Waals surface area contributed by atoms with Crippen LogP contribution in [0.3, 0.4) is 0 Å². The molecule has 1 amide bonds. The number of carbonyl (C=O) groups is 2. The molecule has 0 saturated heterocycles. The molecule has 1 N–H and O–H groups in total. The number of hydrogen-bond acceptors (Lipinski definition) is 3. The van der Waals surface area contributed by atoms with Crippen molar-refractivity contribution < 1.29 is 35.4 Å². The van der Waals surface area contributed by atoms with Gasteiger partial charge in [0.25, 0.3) is 0 Å². The Kier molecular flexibility index (Phi) is 10.3. The molecular weight excluding hydrogens is 330 g/mol. The minimum absolute atomic E-state index is 0. The summed E-state index contributed by atoms with van der Waals surface area (Å²) in [5.41, 5.74) is 0. The van der Waals surface area contributed by atoms with Crippen LogP contribution < -0.4 is 5.32 Å². The smallest absolute Gasteiger partial charge is 0.305 e. The van der Waals surface area contributed by atoms with Gasteiger partial charge in [-0.1, -0.05) is 0 Å². The molecule has 0 unspecified atom stereocenters. The van der Waals surface area contributed by atoms with Crippen LogP contribution in [0, 0.1) is 0 Å². The number of nitrogens with one attached hydrogen (secondary N) is 1. The maximum absolute atomic E-state index is 10.6. The molecule has 0 aromatic carbocycles. The van der Waals surface area contributed by atoms with E-state index in [4.69, 9.17) is 0 Å². The zero-order valence-corrected chi connectivity index (χ0v) is 10.2. The van der Waals surface area contributed by atoms with Crippen LogP contribution >= 0.6 is 0 Å². The third-order valence-electron chi connectivity index (χ3n) is 1.29. The molecule has 0 aliphatic rings. The van der Waals surface area contributed by atoms with Gasteiger partial charge in [-0.2, -0.15) is 0 Å². The summed E-state index contributed by atoms with van der Waals surface area (Å²) in [4.78, 5) is 21.1. The number of methoxy groups -OCH3 is 1. The first-order valence-electron chi connectivity index (χ1n) is 3.48. The van der Waals surface area contributed by atoms with E-state index in [-0.39, 0.29) is 32.9 Å². The van der Waals surface area contributed by atoms with Crippen LogP contribution in [-0.2, 0) is 35.4 Å². The first kappa shape index (κ1) is 14.2. The summed E-state index contributed by atoms with van der Waals surface area (Å²) in [7, 11) is 2.91. The summed E-state index contributed by atoms with van der Waals surface area (Å²) in [5.74, 6) is -0.317. The van der Waals surface area contributed by atoms with Crippen molar-refractivity contribution in [3.63, 3.8) is 0 Å². The van der Waals surface area contributed by atoms with Crippen LogP contribution in [0.15, 0.2) is 0 Å². The molecule has 0 aromatic rings. The number of rotatable bonds is 4. The van der Waals surface area contributed by atoms with E-state index in [1.807, 2.05) is 0 Å². The summed E-state index contributed by atoms with van der Waals surface area (Å²) in [6.45, 7) is 0. The largest absolute Gasteiger partial charge is 0.469 e. The van der Waals surface area contributed by atoms with E-state index in [1.165, 1.54) is 7.11 Å². The average molecular weight is 343 g/mol. The third kappa shape index (κ3) is 7.73. The molecule has 0 rings (SSSR count). The van der Waals surface area contributed by atoms with Crippen LogP contribution in [-0.4, -0.2) is 26.0 Å². The minimum Gasteiger partial charge on any atom is -0.469 e. The zero-order valence-electron chi connectivity index (χ0n) is 7.25. The first-order valence-corrected chi connectivity index (χ1v) is 3.48. The van der Waals surface area contributed by atoms with Crippen molar-refractivity contribution in [2.45, 2.75) is 19.3 Å². The quantitative estimate of drug-likeness (QED) is 0.736. The maximum Gasteiger partial charge on any atom is 0.305 e. The Bertz CT molecular complexity index is 134. The van der Waals surface area contributed by atoms with Gasteiger partial charge in [0.15, 0.2) is 0 Å². The SMILES string of the molecule is CNC(=O)CCCC(=O)OC.[W]. The second kappa shape index (κ2) is 8.72. The molecular formula is C7H13NO3W. The second-order valence-corrected chi connectivity index (χ2v) is 2.10. The van der Waals surface area contributed by atoms with E-state index in [0.717, 1.165) is 0 Å². The van der Waals surface area contributed by atoms with Crippen LogP contribution in [0.25, 0.3) is 0 Å². The van der Waals surface area contributed by atoms with E-state index in [9.17, 15) is 9.59 Å². The summed E-state index contributed by atoms with van der Waals surface area (Å²) >= 11 is 0. The van der Waals surface area contributed by atoms with Gasteiger partial charge in [0, 0.05) is 41.0 Å². The van der Waals surface area contributed by atoms with Gasteiger partial charge in [0.2, 0.25) is 5.91 Å². The molecule has 0 radical (unpaired) electrons. The molecule has 4 nitrogen and oxygen atoms in total. The Balaban J connectivity index is 0. The Morgan fingerprint density at radius 2 is 1.92 bits per heavy atom. The Morgan fingerprint density at radius 3 is 2.33 bits per heavy atom. The van der Waals surface area contributed by atoms with E-state index in [0.29, 0.717) is 19.3 Å². The van der Waals surface area contributed by atoms with Crippen molar-refractivity contribution in [2.24, 2.45) is 0 Å². The Labute approximate surface area is 86.3 Å². The average Bonchev–Trinajstić information content (AvgIpc) is 2.04. The Morgan fingerprint density at radius 1 is 1.33 bits per heavy atom. The van der Waals surface area contributed by atoms with Gasteiger partial charge in [-0.05, 0) is 6.42 Å². The fraction of sp³-hybridized carbons (Fsp3) is 0.714. The molecule has 0 bridgehead atoms. The molecule has 12 heavy (non-hydrogen) atoms. The zero-order chi connectivity index (χ0) is 8.69. The first-order chi connectivity index (χ1) is 5.20. The van der Waals surface area contributed by atoms with Gasteiger partial charge in [0.1, 0.15) is 0 Å². The second-order valence-electron chi connectivity index (χ2n) is 2.10. The number of hydrogen-bond donors (Lipinski definition) is 1. The van der Waals surface area contributed by atoms with Crippen molar-refractivity contribution in [2.75, 3.05) is 14.2 Å². The van der Waals surface area contributed by atoms with Gasteiger partial charge in [0.05, 0.1) is 7.11 Å². The van der Waals surface area contributed by atoms with Gasteiger partial charge in [-0.15, -0.1) is 0 Å². The summed E-state index contributed by atoms with van der Waals surface area (Å²) in [6, 6.07) is 0. The van der Waals surface area contributed by atoms with Crippen LogP contribution in [0.5, 0.6) is 0 Å². The fourth-order valence-corrected chi connectivity index (χ4v) is 0.620. The molecule has 0 aliphatic heterocycles. The van der Waals surface area contributed by atoms with Gasteiger partial charge < -0.3 is 10.1 Å². The predicted octanol–water partition coefficient (Wildman–Crippen LogP) is 0.0732. The number of amides is 1. The monoisotopic (exact) mass is 343 g/mol. The molecule has 0 spiro atoms. The fourth-order valence-electron chi connectivity index (χ4n) is 0.620. The molecule has 0 heterocycles. The summed E-state index contributed by atoms with van der Waals surface area (Å²) in [5, 5.41) is 2.47. The van der Waals surface area contributed by atoms with Crippen molar-refractivity contribution in [3.8, 4) is 0 Å². The summed E-state index contributed by atoms with van der Waals surface area (Å²) < 4.78 is 4.40. The maximum atomic E-state index is 10.6. The van der Waals surface area contributed by atoms with Gasteiger partial charge in [-0.25, -0.2) is 0 Å². The predicted molar refractivity (Wildman–Crippen MR) is 39.9 cm³/mol. The third-order valence-corrected chi connectivity index (χ3v) is 1.29. The van der Waals surface area contributed by atoms with E-state index in [1.54, 1.807) is 7.05 Å². The van der Waals surface area contributed by atoms with Crippen molar-refractivity contribution >= 4 is 11.9 Å². The standard InChI is InChI=1S/C7H13NO3.W/c1-8-6(9)4-3-5-7(10)11-2;/h3-5H2,1-2H3,(H,8,9);.